The molecule has 1 rings (SSSR count). The Kier molecular flexibility index (Phi) is 3.45. The van der Waals surface area contributed by atoms with Gasteiger partial charge in [-0.25, -0.2) is 4.98 Å². The third-order valence-electron chi connectivity index (χ3n) is 2.46. The van der Waals surface area contributed by atoms with Crippen LogP contribution in [0.25, 0.3) is 0 Å². The third kappa shape index (κ3) is 2.29. The molecule has 1 aromatic heterocycles. The van der Waals surface area contributed by atoms with E-state index in [1.165, 1.54) is 0 Å². The summed E-state index contributed by atoms with van der Waals surface area (Å²) in [6.07, 6.45) is 0.882. The Bertz CT molecular complexity index is 284. The van der Waals surface area contributed by atoms with Crippen molar-refractivity contribution in [2.24, 2.45) is 0 Å². The van der Waals surface area contributed by atoms with Crippen molar-refractivity contribution >= 4 is 15.9 Å². The maximum Gasteiger partial charge on any atom is 0.106 e. The lowest BCUT2D eigenvalue weighted by Gasteiger charge is -2.24. The van der Waals surface area contributed by atoms with Crippen molar-refractivity contribution in [2.75, 3.05) is 6.61 Å². The zero-order chi connectivity index (χ0) is 9.90. The minimum atomic E-state index is -0.218. The summed E-state index contributed by atoms with van der Waals surface area (Å²) < 4.78 is 0.818. The minimum Gasteiger partial charge on any atom is -0.395 e. The van der Waals surface area contributed by atoms with Crippen LogP contribution in [-0.4, -0.2) is 16.7 Å². The van der Waals surface area contributed by atoms with Gasteiger partial charge in [-0.15, -0.1) is 0 Å². The molecule has 0 aliphatic carbocycles. The van der Waals surface area contributed by atoms with E-state index in [0.717, 1.165) is 16.7 Å². The summed E-state index contributed by atoms with van der Waals surface area (Å²) in [6, 6.07) is 5.78. The van der Waals surface area contributed by atoms with Crippen molar-refractivity contribution in [1.82, 2.24) is 4.98 Å². The first-order valence-electron chi connectivity index (χ1n) is 4.36. The molecule has 1 N–H and O–H groups in total. The molecule has 0 radical (unpaired) electrons. The lowest BCUT2D eigenvalue weighted by molar-refractivity contribution is 0.198. The molecule has 0 saturated heterocycles. The average Bonchev–Trinajstić information content (AvgIpc) is 2.17. The average molecular weight is 244 g/mol. The molecule has 0 aliphatic rings. The molecule has 3 heteroatoms. The molecule has 13 heavy (non-hydrogen) atoms. The quantitative estimate of drug-likeness (QED) is 0.828. The Balaban J connectivity index is 3.05. The number of aliphatic hydroxyl groups is 1. The van der Waals surface area contributed by atoms with E-state index in [9.17, 15) is 5.11 Å². The smallest absolute Gasteiger partial charge is 0.106 e. The fraction of sp³-hybridized carbons (Fsp3) is 0.500. The molecule has 0 fully saturated rings. The van der Waals surface area contributed by atoms with Gasteiger partial charge in [0, 0.05) is 11.1 Å². The molecule has 1 atom stereocenters. The van der Waals surface area contributed by atoms with E-state index in [0.29, 0.717) is 0 Å². The Morgan fingerprint density at radius 3 is 2.69 bits per heavy atom. The van der Waals surface area contributed by atoms with Crippen LogP contribution in [-0.2, 0) is 5.41 Å². The van der Waals surface area contributed by atoms with Crippen LogP contribution in [0.1, 0.15) is 26.0 Å². The number of hydrogen-bond donors (Lipinski definition) is 1. The first-order valence-corrected chi connectivity index (χ1v) is 5.15. The van der Waals surface area contributed by atoms with Gasteiger partial charge in [-0.3, -0.25) is 0 Å². The van der Waals surface area contributed by atoms with Gasteiger partial charge in [0.1, 0.15) is 4.60 Å². The largest absolute Gasteiger partial charge is 0.395 e. The lowest BCUT2D eigenvalue weighted by Crippen LogP contribution is -2.26. The van der Waals surface area contributed by atoms with Crippen LogP contribution in [0.2, 0.25) is 0 Å². The summed E-state index contributed by atoms with van der Waals surface area (Å²) in [4.78, 5) is 4.34. The molecule has 0 aliphatic heterocycles. The van der Waals surface area contributed by atoms with Crippen molar-refractivity contribution in [3.8, 4) is 0 Å². The zero-order valence-corrected chi connectivity index (χ0v) is 9.50. The van der Waals surface area contributed by atoms with E-state index in [1.807, 2.05) is 25.1 Å². The third-order valence-corrected chi connectivity index (χ3v) is 2.90. The summed E-state index contributed by atoms with van der Waals surface area (Å²) in [5.74, 6) is 0. The molecule has 0 bridgehead atoms. The molecule has 0 saturated carbocycles. The van der Waals surface area contributed by atoms with Gasteiger partial charge in [0.25, 0.3) is 0 Å². The van der Waals surface area contributed by atoms with Gasteiger partial charge in [-0.2, -0.15) is 0 Å². The zero-order valence-electron chi connectivity index (χ0n) is 7.92. The van der Waals surface area contributed by atoms with Crippen molar-refractivity contribution in [3.63, 3.8) is 0 Å². The Morgan fingerprint density at radius 1 is 1.54 bits per heavy atom. The van der Waals surface area contributed by atoms with Gasteiger partial charge in [0.05, 0.1) is 6.61 Å². The van der Waals surface area contributed by atoms with Crippen LogP contribution in [0.3, 0.4) is 0 Å². The van der Waals surface area contributed by atoms with Crippen molar-refractivity contribution in [3.05, 3.63) is 28.5 Å². The molecular weight excluding hydrogens is 230 g/mol. The highest BCUT2D eigenvalue weighted by atomic mass is 79.9. The fourth-order valence-corrected chi connectivity index (χ4v) is 1.46. The predicted octanol–water partition coefficient (Wildman–Crippen LogP) is 2.50. The Morgan fingerprint density at radius 2 is 2.23 bits per heavy atom. The highest BCUT2D eigenvalue weighted by Crippen LogP contribution is 2.25. The molecule has 1 heterocycles. The second-order valence-electron chi connectivity index (χ2n) is 3.42. The van der Waals surface area contributed by atoms with Crippen LogP contribution >= 0.6 is 15.9 Å². The molecule has 72 valence electrons. The summed E-state index contributed by atoms with van der Waals surface area (Å²) in [7, 11) is 0. The monoisotopic (exact) mass is 243 g/mol. The summed E-state index contributed by atoms with van der Waals surface area (Å²) in [5.41, 5.74) is 0.718. The molecular formula is C10H14BrNO. The van der Waals surface area contributed by atoms with Crippen LogP contribution < -0.4 is 0 Å². The van der Waals surface area contributed by atoms with Gasteiger partial charge >= 0.3 is 0 Å². The number of pyridine rings is 1. The number of rotatable bonds is 3. The SMILES string of the molecule is CCC(C)(CO)c1cccc(Br)n1. The molecule has 0 spiro atoms. The molecule has 1 aromatic rings. The topological polar surface area (TPSA) is 33.1 Å². The molecule has 2 nitrogen and oxygen atoms in total. The molecule has 1 unspecified atom stereocenters. The van der Waals surface area contributed by atoms with Crippen LogP contribution in [0.5, 0.6) is 0 Å². The van der Waals surface area contributed by atoms with Crippen molar-refractivity contribution in [2.45, 2.75) is 25.7 Å². The predicted molar refractivity (Wildman–Crippen MR) is 56.7 cm³/mol. The minimum absolute atomic E-state index is 0.132. The highest BCUT2D eigenvalue weighted by Gasteiger charge is 2.24. The Labute approximate surface area is 87.1 Å². The Hall–Kier alpha value is -0.410. The number of aromatic nitrogens is 1. The van der Waals surface area contributed by atoms with Crippen LogP contribution in [0.15, 0.2) is 22.8 Å². The number of halogens is 1. The van der Waals surface area contributed by atoms with Gasteiger partial charge < -0.3 is 5.11 Å². The van der Waals surface area contributed by atoms with Crippen molar-refractivity contribution < 1.29 is 5.11 Å². The van der Waals surface area contributed by atoms with Gasteiger partial charge in [-0.05, 0) is 34.5 Å². The summed E-state index contributed by atoms with van der Waals surface area (Å²) >= 11 is 3.32. The second kappa shape index (κ2) is 4.20. The van der Waals surface area contributed by atoms with E-state index in [4.69, 9.17) is 0 Å². The van der Waals surface area contributed by atoms with E-state index in [2.05, 4.69) is 27.8 Å². The summed E-state index contributed by atoms with van der Waals surface area (Å²) in [5, 5.41) is 9.27. The standard InChI is InChI=1S/C10H14BrNO/c1-3-10(2,7-13)8-5-4-6-9(11)12-8/h4-6,13H,3,7H2,1-2H3. The van der Waals surface area contributed by atoms with E-state index >= 15 is 0 Å². The second-order valence-corrected chi connectivity index (χ2v) is 4.23. The van der Waals surface area contributed by atoms with E-state index < -0.39 is 0 Å². The number of aliphatic hydroxyl groups excluding tert-OH is 1. The highest BCUT2D eigenvalue weighted by molar-refractivity contribution is 9.10. The number of hydrogen-bond acceptors (Lipinski definition) is 2. The lowest BCUT2D eigenvalue weighted by atomic mass is 9.84. The van der Waals surface area contributed by atoms with Gasteiger partial charge in [0.15, 0.2) is 0 Å². The maximum absolute atomic E-state index is 9.27. The van der Waals surface area contributed by atoms with Crippen LogP contribution in [0.4, 0.5) is 0 Å². The van der Waals surface area contributed by atoms with Crippen molar-refractivity contribution in [1.29, 1.82) is 0 Å². The van der Waals surface area contributed by atoms with Gasteiger partial charge in [0.2, 0.25) is 0 Å². The summed E-state index contributed by atoms with van der Waals surface area (Å²) in [6.45, 7) is 4.20. The first kappa shape index (κ1) is 10.7. The van der Waals surface area contributed by atoms with Crippen LogP contribution in [0, 0.1) is 0 Å². The fourth-order valence-electron chi connectivity index (χ4n) is 1.12. The van der Waals surface area contributed by atoms with Gasteiger partial charge in [-0.1, -0.05) is 19.9 Å². The number of nitrogens with zero attached hydrogens (tertiary/aromatic N) is 1. The molecule has 0 amide bonds. The first-order chi connectivity index (χ1) is 6.12. The molecule has 0 aromatic carbocycles. The maximum atomic E-state index is 9.27. The normalized spacial score (nSPS) is 15.4. The van der Waals surface area contributed by atoms with E-state index in [-0.39, 0.29) is 12.0 Å². The van der Waals surface area contributed by atoms with E-state index in [1.54, 1.807) is 0 Å².